The number of piperazine rings is 1. The lowest BCUT2D eigenvalue weighted by Gasteiger charge is -2.37. The van der Waals surface area contributed by atoms with Crippen LogP contribution in [0.1, 0.15) is 12.8 Å². The molecule has 2 amide bonds. The molecular weight excluding hydrogens is 354 g/mol. The number of rotatable bonds is 4. The average molecular weight is 379 g/mol. The van der Waals surface area contributed by atoms with Gasteiger partial charge in [-0.15, -0.1) is 0 Å². The summed E-state index contributed by atoms with van der Waals surface area (Å²) in [7, 11) is 0. The monoisotopic (exact) mass is 379 g/mol. The Hall–Kier alpha value is -3.22. The first-order valence-corrected chi connectivity index (χ1v) is 9.64. The summed E-state index contributed by atoms with van der Waals surface area (Å²) in [5.74, 6) is -0.448. The van der Waals surface area contributed by atoms with Crippen molar-refractivity contribution in [3.05, 3.63) is 48.5 Å². The Bertz CT molecular complexity index is 842. The van der Waals surface area contributed by atoms with Crippen molar-refractivity contribution >= 4 is 34.6 Å². The Morgan fingerprint density at radius 1 is 0.857 bits per heavy atom. The number of carbonyl (C=O) groups excluding carboxylic acids is 2. The van der Waals surface area contributed by atoms with Crippen molar-refractivity contribution in [1.82, 2.24) is 5.32 Å². The molecule has 0 aliphatic carbocycles. The maximum atomic E-state index is 11.9. The van der Waals surface area contributed by atoms with E-state index >= 15 is 0 Å². The number of piperidine rings is 1. The lowest BCUT2D eigenvalue weighted by Crippen LogP contribution is -2.47. The molecule has 28 heavy (non-hydrogen) atoms. The molecule has 0 radical (unpaired) electrons. The second-order valence-electron chi connectivity index (χ2n) is 7.26. The van der Waals surface area contributed by atoms with Crippen LogP contribution in [-0.2, 0) is 9.59 Å². The molecule has 146 valence electrons. The van der Waals surface area contributed by atoms with E-state index < -0.39 is 0 Å². The summed E-state index contributed by atoms with van der Waals surface area (Å²) in [5.41, 5.74) is 9.82. The second kappa shape index (κ2) is 7.80. The van der Waals surface area contributed by atoms with Gasteiger partial charge in [0, 0.05) is 55.3 Å². The Kier molecular flexibility index (Phi) is 5.06. The molecule has 2 heterocycles. The summed E-state index contributed by atoms with van der Waals surface area (Å²) in [6, 6.07) is 15.8. The first-order chi connectivity index (χ1) is 13.6. The summed E-state index contributed by atoms with van der Waals surface area (Å²) in [4.78, 5) is 27.9. The van der Waals surface area contributed by atoms with Crippen molar-refractivity contribution < 1.29 is 9.59 Å². The molecule has 2 fully saturated rings. The lowest BCUT2D eigenvalue weighted by atomic mass is 10.1. The van der Waals surface area contributed by atoms with Crippen molar-refractivity contribution in [2.45, 2.75) is 18.9 Å². The van der Waals surface area contributed by atoms with Gasteiger partial charge in [-0.3, -0.25) is 14.9 Å². The highest BCUT2D eigenvalue weighted by Crippen LogP contribution is 2.23. The van der Waals surface area contributed by atoms with Gasteiger partial charge in [0.2, 0.25) is 11.8 Å². The van der Waals surface area contributed by atoms with E-state index in [1.807, 2.05) is 24.3 Å². The molecule has 0 spiro atoms. The molecule has 4 N–H and O–H groups in total. The van der Waals surface area contributed by atoms with Gasteiger partial charge in [-0.25, -0.2) is 0 Å². The van der Waals surface area contributed by atoms with E-state index in [4.69, 9.17) is 5.73 Å². The molecule has 0 bridgehead atoms. The number of hydrogen-bond acceptors (Lipinski definition) is 6. The number of anilines is 4. The van der Waals surface area contributed by atoms with E-state index in [1.165, 1.54) is 11.4 Å². The van der Waals surface area contributed by atoms with Gasteiger partial charge >= 0.3 is 0 Å². The van der Waals surface area contributed by atoms with Gasteiger partial charge in [-0.05, 0) is 55.0 Å². The highest BCUT2D eigenvalue weighted by atomic mass is 16.2. The number of nitrogens with two attached hydrogens (primary N) is 1. The van der Waals surface area contributed by atoms with Crippen LogP contribution >= 0.6 is 0 Å². The zero-order valence-electron chi connectivity index (χ0n) is 15.7. The van der Waals surface area contributed by atoms with Gasteiger partial charge in [0.25, 0.3) is 0 Å². The molecular formula is C21H25N5O2. The molecule has 1 atom stereocenters. The molecule has 0 aromatic heterocycles. The quantitative estimate of drug-likeness (QED) is 0.554. The van der Waals surface area contributed by atoms with Gasteiger partial charge < -0.3 is 20.9 Å². The van der Waals surface area contributed by atoms with Crippen molar-refractivity contribution in [2.24, 2.45) is 0 Å². The minimum Gasteiger partial charge on any atom is -0.399 e. The van der Waals surface area contributed by atoms with Gasteiger partial charge in [0.15, 0.2) is 0 Å². The van der Waals surface area contributed by atoms with Crippen molar-refractivity contribution in [2.75, 3.05) is 47.0 Å². The van der Waals surface area contributed by atoms with Crippen LogP contribution in [0.2, 0.25) is 0 Å². The molecule has 4 rings (SSSR count). The van der Waals surface area contributed by atoms with E-state index in [0.29, 0.717) is 12.8 Å². The third-order valence-electron chi connectivity index (χ3n) is 5.35. The van der Waals surface area contributed by atoms with Crippen LogP contribution < -0.4 is 26.2 Å². The molecule has 0 saturated carbocycles. The SMILES string of the molecule is Nc1ccc(N2CCN(c3ccc(NC4CCC(=O)NC4=O)cc3)CC2)cc1. The maximum Gasteiger partial charge on any atom is 0.249 e. The number of hydrogen-bond donors (Lipinski definition) is 3. The van der Waals surface area contributed by atoms with Crippen LogP contribution in [0.5, 0.6) is 0 Å². The molecule has 7 heteroatoms. The predicted molar refractivity (Wildman–Crippen MR) is 112 cm³/mol. The fourth-order valence-electron chi connectivity index (χ4n) is 3.71. The highest BCUT2D eigenvalue weighted by Gasteiger charge is 2.26. The lowest BCUT2D eigenvalue weighted by molar-refractivity contribution is -0.133. The molecule has 7 nitrogen and oxygen atoms in total. The summed E-state index contributed by atoms with van der Waals surface area (Å²) in [6.45, 7) is 3.81. The zero-order chi connectivity index (χ0) is 19.5. The first-order valence-electron chi connectivity index (χ1n) is 9.64. The number of nitrogen functional groups attached to an aromatic ring is 1. The van der Waals surface area contributed by atoms with Crippen LogP contribution in [0.15, 0.2) is 48.5 Å². The molecule has 2 saturated heterocycles. The van der Waals surface area contributed by atoms with Gasteiger partial charge in [0.05, 0.1) is 0 Å². The van der Waals surface area contributed by atoms with E-state index in [9.17, 15) is 9.59 Å². The minimum absolute atomic E-state index is 0.198. The zero-order valence-corrected chi connectivity index (χ0v) is 15.7. The Labute approximate surface area is 164 Å². The smallest absolute Gasteiger partial charge is 0.249 e. The third-order valence-corrected chi connectivity index (χ3v) is 5.35. The summed E-state index contributed by atoms with van der Waals surface area (Å²) in [5, 5.41) is 5.59. The van der Waals surface area contributed by atoms with Crippen molar-refractivity contribution in [1.29, 1.82) is 0 Å². The number of nitrogens with one attached hydrogen (secondary N) is 2. The second-order valence-corrected chi connectivity index (χ2v) is 7.26. The van der Waals surface area contributed by atoms with Gasteiger partial charge in [-0.1, -0.05) is 0 Å². The van der Waals surface area contributed by atoms with Crippen LogP contribution in [0.4, 0.5) is 22.7 Å². The van der Waals surface area contributed by atoms with Crippen LogP contribution in [0.3, 0.4) is 0 Å². The number of imide groups is 1. The van der Waals surface area contributed by atoms with E-state index in [-0.39, 0.29) is 17.9 Å². The van der Waals surface area contributed by atoms with E-state index in [0.717, 1.165) is 37.6 Å². The highest BCUT2D eigenvalue weighted by molar-refractivity contribution is 6.01. The van der Waals surface area contributed by atoms with Gasteiger partial charge in [-0.2, -0.15) is 0 Å². The minimum atomic E-state index is -0.355. The van der Waals surface area contributed by atoms with Crippen LogP contribution in [0.25, 0.3) is 0 Å². The number of nitrogens with zero attached hydrogens (tertiary/aromatic N) is 2. The molecule has 2 aromatic carbocycles. The van der Waals surface area contributed by atoms with E-state index in [2.05, 4.69) is 44.7 Å². The largest absolute Gasteiger partial charge is 0.399 e. The van der Waals surface area contributed by atoms with E-state index in [1.54, 1.807) is 0 Å². The van der Waals surface area contributed by atoms with Gasteiger partial charge in [0.1, 0.15) is 6.04 Å². The fraction of sp³-hybridized carbons (Fsp3) is 0.333. The standard InChI is InChI=1S/C21H25N5O2/c22-15-1-5-17(6-2-15)25-11-13-26(14-12-25)18-7-3-16(4-8-18)23-19-9-10-20(27)24-21(19)28/h1-8,19,23H,9-14,22H2,(H,24,27,28). The fourth-order valence-corrected chi connectivity index (χ4v) is 3.71. The Morgan fingerprint density at radius 3 is 1.93 bits per heavy atom. The third kappa shape index (κ3) is 4.03. The molecule has 1 unspecified atom stereocenters. The maximum absolute atomic E-state index is 11.9. The number of benzene rings is 2. The molecule has 2 aliphatic heterocycles. The van der Waals surface area contributed by atoms with Crippen molar-refractivity contribution in [3.63, 3.8) is 0 Å². The van der Waals surface area contributed by atoms with Crippen LogP contribution in [0, 0.1) is 0 Å². The summed E-state index contributed by atoms with van der Waals surface area (Å²) < 4.78 is 0. The molecule has 2 aromatic rings. The topological polar surface area (TPSA) is 90.7 Å². The average Bonchev–Trinajstić information content (AvgIpc) is 2.71. The normalized spacial score (nSPS) is 20.1. The number of amides is 2. The Balaban J connectivity index is 1.33. The number of carbonyl (C=O) groups is 2. The summed E-state index contributed by atoms with van der Waals surface area (Å²) >= 11 is 0. The Morgan fingerprint density at radius 2 is 1.39 bits per heavy atom. The molecule has 2 aliphatic rings. The van der Waals surface area contributed by atoms with Crippen LogP contribution in [-0.4, -0.2) is 44.0 Å². The first kappa shape index (κ1) is 18.2. The predicted octanol–water partition coefficient (Wildman–Crippen LogP) is 1.81. The van der Waals surface area contributed by atoms with Crippen molar-refractivity contribution in [3.8, 4) is 0 Å². The summed E-state index contributed by atoms with van der Waals surface area (Å²) in [6.07, 6.45) is 0.902.